The predicted molar refractivity (Wildman–Crippen MR) is 80.3 cm³/mol. The minimum absolute atomic E-state index is 0.373. The monoisotopic (exact) mass is 291 g/mol. The minimum atomic E-state index is -0.373. The number of thioether (sulfide) groups is 1. The zero-order valence-electron chi connectivity index (χ0n) is 11.7. The van der Waals surface area contributed by atoms with Gasteiger partial charge in [-0.05, 0) is 43.5 Å². The molecule has 0 amide bonds. The number of nitrogens with one attached hydrogen (secondary N) is 1. The molecule has 1 heterocycles. The summed E-state index contributed by atoms with van der Waals surface area (Å²) in [6, 6.07) is 9.86. The summed E-state index contributed by atoms with van der Waals surface area (Å²) in [6.45, 7) is 2.28. The van der Waals surface area contributed by atoms with E-state index in [4.69, 9.17) is 9.15 Å². The summed E-state index contributed by atoms with van der Waals surface area (Å²) in [5, 5.41) is 3.25. The van der Waals surface area contributed by atoms with Gasteiger partial charge in [0.25, 0.3) is 0 Å². The Balaban J connectivity index is 2.01. The Hall–Kier alpha value is -1.88. The number of anilines is 1. The van der Waals surface area contributed by atoms with Crippen LogP contribution in [0.1, 0.15) is 21.9 Å². The average molecular weight is 291 g/mol. The van der Waals surface area contributed by atoms with E-state index in [-0.39, 0.29) is 5.97 Å². The molecule has 1 aromatic heterocycles. The molecule has 20 heavy (non-hydrogen) atoms. The Morgan fingerprint density at radius 1 is 1.35 bits per heavy atom. The summed E-state index contributed by atoms with van der Waals surface area (Å²) in [6.07, 6.45) is 2.04. The number of hydrogen-bond acceptors (Lipinski definition) is 5. The number of hydrogen-bond donors (Lipinski definition) is 1. The highest BCUT2D eigenvalue weighted by atomic mass is 32.2. The topological polar surface area (TPSA) is 51.5 Å². The Morgan fingerprint density at radius 2 is 2.05 bits per heavy atom. The van der Waals surface area contributed by atoms with E-state index in [0.717, 1.165) is 5.69 Å². The van der Waals surface area contributed by atoms with Crippen molar-refractivity contribution in [3.63, 3.8) is 0 Å². The van der Waals surface area contributed by atoms with Gasteiger partial charge in [0.15, 0.2) is 0 Å². The zero-order chi connectivity index (χ0) is 14.5. The molecule has 0 aliphatic carbocycles. The van der Waals surface area contributed by atoms with Crippen LogP contribution in [0.4, 0.5) is 5.69 Å². The van der Waals surface area contributed by atoms with Gasteiger partial charge in [-0.2, -0.15) is 0 Å². The number of carbonyl (C=O) groups excluding carboxylic acids is 1. The highest BCUT2D eigenvalue weighted by Crippen LogP contribution is 2.20. The maximum Gasteiger partial charge on any atom is 0.341 e. The molecular weight excluding hydrogens is 274 g/mol. The van der Waals surface area contributed by atoms with E-state index >= 15 is 0 Å². The quantitative estimate of drug-likeness (QED) is 0.672. The lowest BCUT2D eigenvalue weighted by molar-refractivity contribution is 0.0599. The number of carbonyl (C=O) groups is 1. The zero-order valence-corrected chi connectivity index (χ0v) is 12.5. The highest BCUT2D eigenvalue weighted by Gasteiger charge is 2.14. The van der Waals surface area contributed by atoms with Crippen LogP contribution in [0.5, 0.6) is 0 Å². The van der Waals surface area contributed by atoms with E-state index in [1.165, 1.54) is 12.0 Å². The van der Waals surface area contributed by atoms with Gasteiger partial charge in [-0.3, -0.25) is 0 Å². The average Bonchev–Trinajstić information content (AvgIpc) is 2.86. The first kappa shape index (κ1) is 14.5. The molecule has 0 fully saturated rings. The molecule has 4 nitrogen and oxygen atoms in total. The van der Waals surface area contributed by atoms with E-state index in [0.29, 0.717) is 23.6 Å². The lowest BCUT2D eigenvalue weighted by Gasteiger charge is -2.04. The van der Waals surface area contributed by atoms with E-state index in [1.54, 1.807) is 24.8 Å². The predicted octanol–water partition coefficient (Wildman–Crippen LogP) is 3.71. The number of rotatable bonds is 5. The fourth-order valence-corrected chi connectivity index (χ4v) is 2.25. The first-order chi connectivity index (χ1) is 9.63. The summed E-state index contributed by atoms with van der Waals surface area (Å²) in [5.41, 5.74) is 1.48. The summed E-state index contributed by atoms with van der Waals surface area (Å²) in [4.78, 5) is 12.7. The largest absolute Gasteiger partial charge is 0.465 e. The molecule has 0 aliphatic heterocycles. The molecule has 5 heteroatoms. The van der Waals surface area contributed by atoms with E-state index in [1.807, 2.05) is 18.4 Å². The van der Waals surface area contributed by atoms with Gasteiger partial charge in [-0.15, -0.1) is 11.8 Å². The fraction of sp³-hybridized carbons (Fsp3) is 0.267. The van der Waals surface area contributed by atoms with Gasteiger partial charge in [0.05, 0.1) is 13.7 Å². The highest BCUT2D eigenvalue weighted by molar-refractivity contribution is 7.98. The SMILES string of the molecule is COC(=O)c1cc(CNc2ccc(SC)cc2)oc1C. The maximum atomic E-state index is 11.5. The third-order valence-corrected chi connectivity index (χ3v) is 3.67. The molecule has 2 rings (SSSR count). The van der Waals surface area contributed by atoms with Crippen LogP contribution in [0.25, 0.3) is 0 Å². The normalized spacial score (nSPS) is 10.3. The van der Waals surface area contributed by atoms with Crippen molar-refractivity contribution in [1.29, 1.82) is 0 Å². The number of furan rings is 1. The molecule has 0 saturated carbocycles. The summed E-state index contributed by atoms with van der Waals surface area (Å²) < 4.78 is 10.2. The number of benzene rings is 1. The third-order valence-electron chi connectivity index (χ3n) is 2.93. The standard InChI is InChI=1S/C15H17NO3S/c1-10-14(15(17)18-2)8-12(19-10)9-16-11-4-6-13(20-3)7-5-11/h4-8,16H,9H2,1-3H3. The molecule has 1 aromatic carbocycles. The van der Waals surface area contributed by atoms with Gasteiger partial charge >= 0.3 is 5.97 Å². The molecule has 0 saturated heterocycles. The summed E-state index contributed by atoms with van der Waals surface area (Å²) >= 11 is 1.71. The number of esters is 1. The second-order valence-electron chi connectivity index (χ2n) is 4.26. The fourth-order valence-electron chi connectivity index (χ4n) is 1.84. The van der Waals surface area contributed by atoms with Gasteiger partial charge in [0.2, 0.25) is 0 Å². The van der Waals surface area contributed by atoms with Crippen LogP contribution in [0.15, 0.2) is 39.6 Å². The molecule has 1 N–H and O–H groups in total. The van der Waals surface area contributed by atoms with Crippen LogP contribution in [-0.2, 0) is 11.3 Å². The van der Waals surface area contributed by atoms with Crippen molar-refractivity contribution in [3.05, 3.63) is 47.4 Å². The molecular formula is C15H17NO3S. The first-order valence-corrected chi connectivity index (χ1v) is 7.42. The molecule has 2 aromatic rings. The second-order valence-corrected chi connectivity index (χ2v) is 5.14. The van der Waals surface area contributed by atoms with Crippen LogP contribution in [0.2, 0.25) is 0 Å². The maximum absolute atomic E-state index is 11.5. The molecule has 0 bridgehead atoms. The summed E-state index contributed by atoms with van der Waals surface area (Å²) in [7, 11) is 1.36. The lowest BCUT2D eigenvalue weighted by atomic mass is 10.2. The van der Waals surface area contributed by atoms with Crippen molar-refractivity contribution in [2.75, 3.05) is 18.7 Å². The smallest absolute Gasteiger partial charge is 0.341 e. The van der Waals surface area contributed by atoms with Crippen molar-refractivity contribution in [3.8, 4) is 0 Å². The first-order valence-electron chi connectivity index (χ1n) is 6.19. The van der Waals surface area contributed by atoms with Crippen LogP contribution < -0.4 is 5.32 Å². The Labute approximate surface area is 122 Å². The molecule has 0 unspecified atom stereocenters. The third kappa shape index (κ3) is 3.36. The van der Waals surface area contributed by atoms with Crippen molar-refractivity contribution >= 4 is 23.4 Å². The number of aryl methyl sites for hydroxylation is 1. The van der Waals surface area contributed by atoms with E-state index < -0.39 is 0 Å². The lowest BCUT2D eigenvalue weighted by Crippen LogP contribution is -2.01. The number of ether oxygens (including phenoxy) is 1. The Morgan fingerprint density at radius 3 is 2.65 bits per heavy atom. The van der Waals surface area contributed by atoms with Crippen LogP contribution in [0, 0.1) is 6.92 Å². The van der Waals surface area contributed by atoms with Crippen molar-refractivity contribution < 1.29 is 13.9 Å². The minimum Gasteiger partial charge on any atom is -0.465 e. The van der Waals surface area contributed by atoms with Crippen molar-refractivity contribution in [1.82, 2.24) is 0 Å². The van der Waals surface area contributed by atoms with Crippen molar-refractivity contribution in [2.24, 2.45) is 0 Å². The van der Waals surface area contributed by atoms with Crippen molar-refractivity contribution in [2.45, 2.75) is 18.4 Å². The van der Waals surface area contributed by atoms with Gasteiger partial charge in [-0.25, -0.2) is 4.79 Å². The van der Waals surface area contributed by atoms with Gasteiger partial charge in [0, 0.05) is 10.6 Å². The molecule has 0 aliphatic rings. The van der Waals surface area contributed by atoms with Crippen LogP contribution in [-0.4, -0.2) is 19.3 Å². The number of methoxy groups -OCH3 is 1. The van der Waals surface area contributed by atoms with E-state index in [2.05, 4.69) is 17.4 Å². The van der Waals surface area contributed by atoms with E-state index in [9.17, 15) is 4.79 Å². The van der Waals surface area contributed by atoms with Gasteiger partial charge in [0.1, 0.15) is 17.1 Å². The molecule has 0 spiro atoms. The van der Waals surface area contributed by atoms with Gasteiger partial charge in [-0.1, -0.05) is 0 Å². The molecule has 0 radical (unpaired) electrons. The van der Waals surface area contributed by atoms with Crippen LogP contribution >= 0.6 is 11.8 Å². The molecule has 0 atom stereocenters. The Kier molecular flexibility index (Phi) is 4.74. The molecule has 106 valence electrons. The Bertz CT molecular complexity index is 590. The summed E-state index contributed by atoms with van der Waals surface area (Å²) in [5.74, 6) is 0.907. The van der Waals surface area contributed by atoms with Crippen LogP contribution in [0.3, 0.4) is 0 Å². The second kappa shape index (κ2) is 6.52. The van der Waals surface area contributed by atoms with Gasteiger partial charge < -0.3 is 14.5 Å².